The molecule has 1 aliphatic rings. The van der Waals surface area contributed by atoms with Crippen LogP contribution < -0.4 is 4.90 Å². The molecule has 21 heavy (non-hydrogen) atoms. The van der Waals surface area contributed by atoms with Crippen LogP contribution in [0, 0.1) is 5.41 Å². The van der Waals surface area contributed by atoms with E-state index in [-0.39, 0.29) is 5.91 Å². The fraction of sp³-hybridized carbons (Fsp3) is 0.294. The summed E-state index contributed by atoms with van der Waals surface area (Å²) in [6.45, 7) is 2.33. The summed E-state index contributed by atoms with van der Waals surface area (Å²) in [4.78, 5) is 25.7. The summed E-state index contributed by atoms with van der Waals surface area (Å²) in [6, 6.07) is 13.6. The number of hydrogen-bond donors (Lipinski definition) is 1. The van der Waals surface area contributed by atoms with E-state index in [0.717, 1.165) is 16.5 Å². The lowest BCUT2D eigenvalue weighted by Crippen LogP contribution is -2.41. The molecule has 1 aliphatic carbocycles. The number of amides is 1. The largest absolute Gasteiger partial charge is 0.480 e. The minimum Gasteiger partial charge on any atom is -0.480 e. The molecule has 0 spiro atoms. The number of carboxylic acid groups (broad SMARTS) is 1. The number of benzene rings is 2. The molecule has 4 heteroatoms. The third-order valence-electron chi connectivity index (χ3n) is 4.19. The number of rotatable bonds is 4. The van der Waals surface area contributed by atoms with Crippen molar-refractivity contribution in [3.63, 3.8) is 0 Å². The first-order valence-electron chi connectivity index (χ1n) is 7.13. The molecule has 1 saturated carbocycles. The molecule has 1 N–H and O–H groups in total. The van der Waals surface area contributed by atoms with Crippen molar-refractivity contribution in [3.8, 4) is 0 Å². The standard InChI is InChI=1S/C17H17NO3/c1-2-18(15(19)17(10-11-17)16(20)21)14-9-5-7-12-6-3-4-8-13(12)14/h3-9H,2,10-11H2,1H3,(H,20,21). The SMILES string of the molecule is CCN(C(=O)C1(C(=O)O)CC1)c1cccc2ccccc12. The van der Waals surface area contributed by atoms with Crippen molar-refractivity contribution >= 4 is 28.3 Å². The van der Waals surface area contributed by atoms with Gasteiger partial charge in [0.25, 0.3) is 0 Å². The maximum absolute atomic E-state index is 12.7. The summed E-state index contributed by atoms with van der Waals surface area (Å²) < 4.78 is 0. The van der Waals surface area contributed by atoms with Crippen LogP contribution in [0.25, 0.3) is 10.8 Å². The van der Waals surface area contributed by atoms with Gasteiger partial charge in [-0.05, 0) is 31.2 Å². The Kier molecular flexibility index (Phi) is 3.16. The highest BCUT2D eigenvalue weighted by molar-refractivity contribution is 6.14. The lowest BCUT2D eigenvalue weighted by molar-refractivity contribution is -0.148. The van der Waals surface area contributed by atoms with Crippen molar-refractivity contribution < 1.29 is 14.7 Å². The lowest BCUT2D eigenvalue weighted by Gasteiger charge is -2.25. The van der Waals surface area contributed by atoms with Crippen molar-refractivity contribution in [1.82, 2.24) is 0 Å². The van der Waals surface area contributed by atoms with Crippen molar-refractivity contribution in [2.75, 3.05) is 11.4 Å². The molecule has 2 aromatic carbocycles. The highest BCUT2D eigenvalue weighted by atomic mass is 16.4. The Labute approximate surface area is 123 Å². The van der Waals surface area contributed by atoms with E-state index in [1.165, 1.54) is 0 Å². The number of hydrogen-bond acceptors (Lipinski definition) is 2. The Balaban J connectivity index is 2.07. The van der Waals surface area contributed by atoms with Gasteiger partial charge in [-0.25, -0.2) is 0 Å². The molecule has 0 atom stereocenters. The molecule has 0 heterocycles. The molecule has 0 aliphatic heterocycles. The summed E-state index contributed by atoms with van der Waals surface area (Å²) in [5, 5.41) is 11.3. The quantitative estimate of drug-likeness (QED) is 0.877. The second-order valence-corrected chi connectivity index (χ2v) is 5.43. The van der Waals surface area contributed by atoms with Gasteiger partial charge in [0.2, 0.25) is 5.91 Å². The maximum atomic E-state index is 12.7. The second-order valence-electron chi connectivity index (χ2n) is 5.43. The Morgan fingerprint density at radius 2 is 1.81 bits per heavy atom. The molecule has 0 aromatic heterocycles. The number of carbonyl (C=O) groups is 2. The number of anilines is 1. The van der Waals surface area contributed by atoms with E-state index in [1.54, 1.807) is 4.90 Å². The molecule has 0 bridgehead atoms. The van der Waals surface area contributed by atoms with Gasteiger partial charge in [0, 0.05) is 11.9 Å². The highest BCUT2D eigenvalue weighted by Crippen LogP contribution is 2.48. The zero-order chi connectivity index (χ0) is 15.0. The van der Waals surface area contributed by atoms with Gasteiger partial charge in [0.1, 0.15) is 5.41 Å². The lowest BCUT2D eigenvalue weighted by atomic mass is 10.0. The van der Waals surface area contributed by atoms with Gasteiger partial charge in [-0.2, -0.15) is 0 Å². The molecular weight excluding hydrogens is 266 g/mol. The van der Waals surface area contributed by atoms with E-state index in [0.29, 0.717) is 19.4 Å². The topological polar surface area (TPSA) is 57.6 Å². The average Bonchev–Trinajstić information content (AvgIpc) is 3.30. The second kappa shape index (κ2) is 4.88. The molecular formula is C17H17NO3. The van der Waals surface area contributed by atoms with E-state index in [9.17, 15) is 14.7 Å². The summed E-state index contributed by atoms with van der Waals surface area (Å²) in [5.41, 5.74) is -0.416. The molecule has 3 rings (SSSR count). The van der Waals surface area contributed by atoms with Crippen molar-refractivity contribution in [2.24, 2.45) is 5.41 Å². The van der Waals surface area contributed by atoms with Gasteiger partial charge in [0.05, 0.1) is 5.69 Å². The third kappa shape index (κ3) is 2.07. The van der Waals surface area contributed by atoms with Gasteiger partial charge in [-0.1, -0.05) is 36.4 Å². The van der Waals surface area contributed by atoms with Crippen LogP contribution in [-0.4, -0.2) is 23.5 Å². The summed E-state index contributed by atoms with van der Waals surface area (Å²) in [5.74, 6) is -1.31. The molecule has 0 saturated heterocycles. The van der Waals surface area contributed by atoms with Gasteiger partial charge in [-0.3, -0.25) is 9.59 Å². The van der Waals surface area contributed by atoms with Crippen molar-refractivity contribution in [3.05, 3.63) is 42.5 Å². The maximum Gasteiger partial charge on any atom is 0.319 e. The van der Waals surface area contributed by atoms with E-state index in [1.807, 2.05) is 49.4 Å². The predicted molar refractivity (Wildman–Crippen MR) is 81.3 cm³/mol. The van der Waals surface area contributed by atoms with E-state index in [4.69, 9.17) is 0 Å². The van der Waals surface area contributed by atoms with Crippen LogP contribution in [0.4, 0.5) is 5.69 Å². The zero-order valence-electron chi connectivity index (χ0n) is 11.9. The van der Waals surface area contributed by atoms with Gasteiger partial charge in [0.15, 0.2) is 0 Å². The number of carbonyl (C=O) groups excluding carboxylic acids is 1. The number of fused-ring (bicyclic) bond motifs is 1. The van der Waals surface area contributed by atoms with Crippen LogP contribution in [-0.2, 0) is 9.59 Å². The van der Waals surface area contributed by atoms with E-state index >= 15 is 0 Å². The fourth-order valence-corrected chi connectivity index (χ4v) is 2.77. The van der Waals surface area contributed by atoms with Crippen LogP contribution in [0.2, 0.25) is 0 Å². The Morgan fingerprint density at radius 3 is 2.43 bits per heavy atom. The van der Waals surface area contributed by atoms with Gasteiger partial charge >= 0.3 is 5.97 Å². The number of aliphatic carboxylic acids is 1. The van der Waals surface area contributed by atoms with Crippen LogP contribution in [0.1, 0.15) is 19.8 Å². The first-order valence-corrected chi connectivity index (χ1v) is 7.13. The Bertz CT molecular complexity index is 714. The van der Waals surface area contributed by atoms with Crippen LogP contribution >= 0.6 is 0 Å². The normalized spacial score (nSPS) is 15.7. The van der Waals surface area contributed by atoms with Gasteiger partial charge in [-0.15, -0.1) is 0 Å². The molecule has 2 aromatic rings. The van der Waals surface area contributed by atoms with E-state index in [2.05, 4.69) is 0 Å². The van der Waals surface area contributed by atoms with Crippen LogP contribution in [0.3, 0.4) is 0 Å². The summed E-state index contributed by atoms with van der Waals surface area (Å²) in [6.07, 6.45) is 0.866. The minimum absolute atomic E-state index is 0.297. The van der Waals surface area contributed by atoms with Crippen molar-refractivity contribution in [1.29, 1.82) is 0 Å². The number of carboxylic acids is 1. The monoisotopic (exact) mass is 283 g/mol. The molecule has 0 unspecified atom stereocenters. The van der Waals surface area contributed by atoms with Crippen molar-refractivity contribution in [2.45, 2.75) is 19.8 Å². The zero-order valence-corrected chi connectivity index (χ0v) is 11.9. The van der Waals surface area contributed by atoms with Crippen LogP contribution in [0.5, 0.6) is 0 Å². The predicted octanol–water partition coefficient (Wildman–Crippen LogP) is 3.06. The smallest absolute Gasteiger partial charge is 0.319 e. The van der Waals surface area contributed by atoms with E-state index < -0.39 is 11.4 Å². The number of nitrogens with zero attached hydrogens (tertiary/aromatic N) is 1. The third-order valence-corrected chi connectivity index (χ3v) is 4.19. The summed E-state index contributed by atoms with van der Waals surface area (Å²) in [7, 11) is 0. The van der Waals surface area contributed by atoms with Gasteiger partial charge < -0.3 is 10.0 Å². The minimum atomic E-state index is -1.20. The molecule has 108 valence electrons. The highest BCUT2D eigenvalue weighted by Gasteiger charge is 2.58. The molecule has 4 nitrogen and oxygen atoms in total. The summed E-state index contributed by atoms with van der Waals surface area (Å²) >= 11 is 0. The molecule has 1 amide bonds. The van der Waals surface area contributed by atoms with Crippen LogP contribution in [0.15, 0.2) is 42.5 Å². The molecule has 0 radical (unpaired) electrons. The average molecular weight is 283 g/mol. The Hall–Kier alpha value is -2.36. The first-order chi connectivity index (χ1) is 10.1. The Morgan fingerprint density at radius 1 is 1.14 bits per heavy atom. The molecule has 1 fully saturated rings. The fourth-order valence-electron chi connectivity index (χ4n) is 2.77. The first kappa shape index (κ1) is 13.6.